The van der Waals surface area contributed by atoms with Crippen LogP contribution in [0.5, 0.6) is 0 Å². The number of carbonyl (C=O) groups is 2. The van der Waals surface area contributed by atoms with E-state index in [0.29, 0.717) is 13.1 Å². The molecule has 98 valence electrons. The van der Waals surface area contributed by atoms with Crippen LogP contribution in [0.15, 0.2) is 0 Å². The fraction of sp³-hybridized carbons (Fsp3) is 0.833. The van der Waals surface area contributed by atoms with Crippen LogP contribution in [0.25, 0.3) is 0 Å². The van der Waals surface area contributed by atoms with Gasteiger partial charge in [-0.2, -0.15) is 0 Å². The van der Waals surface area contributed by atoms with Gasteiger partial charge < -0.3 is 10.0 Å². The summed E-state index contributed by atoms with van der Waals surface area (Å²) in [6.07, 6.45) is 0.736. The van der Waals surface area contributed by atoms with Crippen molar-refractivity contribution in [3.05, 3.63) is 0 Å². The molecule has 1 fully saturated rings. The number of hydrogen-bond acceptors (Lipinski definition) is 3. The summed E-state index contributed by atoms with van der Waals surface area (Å²) in [7, 11) is 1.74. The van der Waals surface area contributed by atoms with Gasteiger partial charge in [-0.15, -0.1) is 0 Å². The molecule has 0 aromatic heterocycles. The fourth-order valence-electron chi connectivity index (χ4n) is 2.52. The van der Waals surface area contributed by atoms with Crippen LogP contribution in [0.2, 0.25) is 0 Å². The molecule has 1 unspecified atom stereocenters. The molecular formula is C12H22N2O3. The van der Waals surface area contributed by atoms with Crippen LogP contribution in [0.1, 0.15) is 33.6 Å². The Bertz CT molecular complexity index is 315. The second kappa shape index (κ2) is 5.04. The van der Waals surface area contributed by atoms with E-state index < -0.39 is 12.0 Å². The van der Waals surface area contributed by atoms with Crippen LogP contribution in [-0.2, 0) is 9.59 Å². The Morgan fingerprint density at radius 1 is 1.53 bits per heavy atom. The van der Waals surface area contributed by atoms with Crippen molar-refractivity contribution in [3.63, 3.8) is 0 Å². The van der Waals surface area contributed by atoms with Crippen molar-refractivity contribution in [3.8, 4) is 0 Å². The lowest BCUT2D eigenvalue weighted by atomic mass is 9.96. The molecule has 17 heavy (non-hydrogen) atoms. The minimum Gasteiger partial charge on any atom is -0.481 e. The lowest BCUT2D eigenvalue weighted by molar-refractivity contribution is -0.145. The van der Waals surface area contributed by atoms with Gasteiger partial charge in [0.2, 0.25) is 5.91 Å². The smallest absolute Gasteiger partial charge is 0.305 e. The largest absolute Gasteiger partial charge is 0.481 e. The van der Waals surface area contributed by atoms with Crippen molar-refractivity contribution in [1.29, 1.82) is 0 Å². The molecule has 1 aliphatic rings. The highest BCUT2D eigenvalue weighted by Crippen LogP contribution is 2.27. The monoisotopic (exact) mass is 242 g/mol. The Morgan fingerprint density at radius 2 is 2.12 bits per heavy atom. The van der Waals surface area contributed by atoms with Gasteiger partial charge in [0.1, 0.15) is 6.04 Å². The molecular weight excluding hydrogens is 220 g/mol. The predicted molar refractivity (Wildman–Crippen MR) is 64.8 cm³/mol. The molecule has 0 aromatic carbocycles. The first-order valence-corrected chi connectivity index (χ1v) is 6.03. The average molecular weight is 242 g/mol. The molecule has 1 heterocycles. The fourth-order valence-corrected chi connectivity index (χ4v) is 2.52. The quantitative estimate of drug-likeness (QED) is 0.795. The number of hydrogen-bond donors (Lipinski definition) is 1. The van der Waals surface area contributed by atoms with Crippen molar-refractivity contribution in [2.24, 2.45) is 0 Å². The zero-order chi connectivity index (χ0) is 13.2. The summed E-state index contributed by atoms with van der Waals surface area (Å²) < 4.78 is 0. The van der Waals surface area contributed by atoms with Crippen molar-refractivity contribution in [2.75, 3.05) is 20.1 Å². The summed E-state index contributed by atoms with van der Waals surface area (Å²) in [5.41, 5.74) is -0.144. The molecule has 0 radical (unpaired) electrons. The average Bonchev–Trinajstić information content (AvgIpc) is 2.29. The number of likely N-dealkylation sites (N-methyl/N-ethyl adjacent to an activating group) is 2. The van der Waals surface area contributed by atoms with E-state index in [0.717, 1.165) is 6.42 Å². The molecule has 1 atom stereocenters. The van der Waals surface area contributed by atoms with Crippen LogP contribution in [-0.4, -0.2) is 58.5 Å². The van der Waals surface area contributed by atoms with E-state index in [1.54, 1.807) is 11.9 Å². The van der Waals surface area contributed by atoms with Gasteiger partial charge in [0.25, 0.3) is 0 Å². The molecule has 0 saturated carbocycles. The minimum atomic E-state index is -0.923. The first kappa shape index (κ1) is 14.0. The molecule has 5 heteroatoms. The topological polar surface area (TPSA) is 60.9 Å². The van der Waals surface area contributed by atoms with Crippen molar-refractivity contribution >= 4 is 11.9 Å². The number of amides is 1. The number of aliphatic carboxylic acids is 1. The molecule has 5 nitrogen and oxygen atoms in total. The molecule has 1 rings (SSSR count). The van der Waals surface area contributed by atoms with Gasteiger partial charge in [-0.05, 0) is 26.8 Å². The maximum atomic E-state index is 12.2. The molecule has 1 amide bonds. The van der Waals surface area contributed by atoms with Crippen LogP contribution < -0.4 is 0 Å². The summed E-state index contributed by atoms with van der Waals surface area (Å²) in [5.74, 6) is -1.01. The Hall–Kier alpha value is -1.10. The van der Waals surface area contributed by atoms with Gasteiger partial charge in [0.15, 0.2) is 0 Å². The standard InChI is InChI=1S/C12H22N2O3/c1-5-14-9(8-10(15)16)11(17)13(4)7-6-12(14,2)3/h9H,5-8H2,1-4H3,(H,15,16). The third kappa shape index (κ3) is 2.97. The summed E-state index contributed by atoms with van der Waals surface area (Å²) in [6.45, 7) is 7.47. The van der Waals surface area contributed by atoms with E-state index in [9.17, 15) is 9.59 Å². The van der Waals surface area contributed by atoms with E-state index in [2.05, 4.69) is 13.8 Å². The van der Waals surface area contributed by atoms with E-state index in [1.165, 1.54) is 0 Å². The molecule has 0 aromatic rings. The molecule has 0 aliphatic carbocycles. The summed E-state index contributed by atoms with van der Waals surface area (Å²) >= 11 is 0. The maximum Gasteiger partial charge on any atom is 0.305 e. The van der Waals surface area contributed by atoms with Gasteiger partial charge >= 0.3 is 5.97 Å². The van der Waals surface area contributed by atoms with Crippen LogP contribution in [0.3, 0.4) is 0 Å². The zero-order valence-corrected chi connectivity index (χ0v) is 11.1. The second-order valence-corrected chi connectivity index (χ2v) is 5.22. The summed E-state index contributed by atoms with van der Waals surface area (Å²) in [4.78, 5) is 26.7. The highest BCUT2D eigenvalue weighted by atomic mass is 16.4. The van der Waals surface area contributed by atoms with Crippen LogP contribution in [0, 0.1) is 0 Å². The van der Waals surface area contributed by atoms with Crippen molar-refractivity contribution in [1.82, 2.24) is 9.80 Å². The summed E-state index contributed by atoms with van der Waals surface area (Å²) in [6, 6.07) is -0.542. The van der Waals surface area contributed by atoms with Crippen LogP contribution >= 0.6 is 0 Å². The predicted octanol–water partition coefficient (Wildman–Crippen LogP) is 0.792. The van der Waals surface area contributed by atoms with Gasteiger partial charge in [-0.25, -0.2) is 0 Å². The van der Waals surface area contributed by atoms with Crippen molar-refractivity contribution in [2.45, 2.75) is 45.2 Å². The molecule has 1 N–H and O–H groups in total. The third-order valence-electron chi connectivity index (χ3n) is 3.58. The first-order valence-electron chi connectivity index (χ1n) is 6.03. The second-order valence-electron chi connectivity index (χ2n) is 5.22. The number of nitrogens with zero attached hydrogens (tertiary/aromatic N) is 2. The highest BCUT2D eigenvalue weighted by Gasteiger charge is 2.40. The lowest BCUT2D eigenvalue weighted by Crippen LogP contribution is -2.53. The number of rotatable bonds is 3. The number of carboxylic acid groups (broad SMARTS) is 1. The molecule has 0 spiro atoms. The normalized spacial score (nSPS) is 25.8. The van der Waals surface area contributed by atoms with E-state index in [1.807, 2.05) is 11.8 Å². The zero-order valence-electron chi connectivity index (χ0n) is 11.1. The van der Waals surface area contributed by atoms with E-state index in [-0.39, 0.29) is 17.9 Å². The van der Waals surface area contributed by atoms with E-state index >= 15 is 0 Å². The Morgan fingerprint density at radius 3 is 2.59 bits per heavy atom. The number of carboxylic acids is 1. The SMILES string of the molecule is CCN1C(CC(=O)O)C(=O)N(C)CCC1(C)C. The number of carbonyl (C=O) groups excluding carboxylic acids is 1. The van der Waals surface area contributed by atoms with Gasteiger partial charge in [-0.3, -0.25) is 14.5 Å². The first-order chi connectivity index (χ1) is 7.79. The highest BCUT2D eigenvalue weighted by molar-refractivity contribution is 5.86. The van der Waals surface area contributed by atoms with Gasteiger partial charge in [0, 0.05) is 19.1 Å². The maximum absolute atomic E-state index is 12.2. The Balaban J connectivity index is 3.05. The Kier molecular flexibility index (Phi) is 4.14. The van der Waals surface area contributed by atoms with E-state index in [4.69, 9.17) is 5.11 Å². The van der Waals surface area contributed by atoms with Gasteiger partial charge in [-0.1, -0.05) is 6.92 Å². The minimum absolute atomic E-state index is 0.0835. The lowest BCUT2D eigenvalue weighted by Gasteiger charge is -2.39. The Labute approximate surface area is 102 Å². The molecule has 0 bridgehead atoms. The molecule has 1 aliphatic heterocycles. The van der Waals surface area contributed by atoms with Gasteiger partial charge in [0.05, 0.1) is 6.42 Å². The molecule has 1 saturated heterocycles. The van der Waals surface area contributed by atoms with Crippen molar-refractivity contribution < 1.29 is 14.7 Å². The third-order valence-corrected chi connectivity index (χ3v) is 3.58. The van der Waals surface area contributed by atoms with Crippen LogP contribution in [0.4, 0.5) is 0 Å². The summed E-state index contributed by atoms with van der Waals surface area (Å²) in [5, 5.41) is 8.95.